The molecule has 0 bridgehead atoms. The zero-order valence-electron chi connectivity index (χ0n) is 16.8. The second-order valence-electron chi connectivity index (χ2n) is 7.53. The molecule has 2 aromatic carbocycles. The number of hydrogen-bond acceptors (Lipinski definition) is 3. The first-order chi connectivity index (χ1) is 13.5. The highest BCUT2D eigenvalue weighted by molar-refractivity contribution is 5.94. The second-order valence-corrected chi connectivity index (χ2v) is 7.53. The van der Waals surface area contributed by atoms with Gasteiger partial charge in [0.25, 0.3) is 5.91 Å². The molecule has 0 unspecified atom stereocenters. The van der Waals surface area contributed by atoms with E-state index in [2.05, 4.69) is 0 Å². The maximum atomic E-state index is 13.3. The number of amides is 1. The lowest BCUT2D eigenvalue weighted by atomic mass is 10.1. The molecule has 0 saturated heterocycles. The molecule has 1 saturated carbocycles. The molecule has 5 heteroatoms. The third-order valence-corrected chi connectivity index (χ3v) is 5.06. The summed E-state index contributed by atoms with van der Waals surface area (Å²) in [5, 5.41) is 0. The molecule has 1 aliphatic carbocycles. The number of nitrogens with zero attached hydrogens (tertiary/aromatic N) is 1. The summed E-state index contributed by atoms with van der Waals surface area (Å²) >= 11 is 0. The summed E-state index contributed by atoms with van der Waals surface area (Å²) in [5.41, 5.74) is 1.50. The Bertz CT molecular complexity index is 798. The molecule has 28 heavy (non-hydrogen) atoms. The van der Waals surface area contributed by atoms with Gasteiger partial charge < -0.3 is 14.4 Å². The van der Waals surface area contributed by atoms with E-state index in [1.54, 1.807) is 19.2 Å². The van der Waals surface area contributed by atoms with Gasteiger partial charge >= 0.3 is 0 Å². The number of rotatable bonds is 7. The number of halogens is 1. The molecule has 1 amide bonds. The highest BCUT2D eigenvalue weighted by atomic mass is 19.1. The van der Waals surface area contributed by atoms with Crippen LogP contribution in [-0.4, -0.2) is 30.1 Å². The van der Waals surface area contributed by atoms with E-state index in [1.807, 2.05) is 36.9 Å². The molecule has 1 fully saturated rings. The fourth-order valence-corrected chi connectivity index (χ4v) is 3.70. The second kappa shape index (κ2) is 9.09. The van der Waals surface area contributed by atoms with Crippen LogP contribution in [0.3, 0.4) is 0 Å². The Labute approximate surface area is 166 Å². The molecule has 150 valence electrons. The van der Waals surface area contributed by atoms with Gasteiger partial charge in [0.15, 0.2) is 11.5 Å². The minimum absolute atomic E-state index is 0.0240. The lowest BCUT2D eigenvalue weighted by Crippen LogP contribution is -2.38. The summed E-state index contributed by atoms with van der Waals surface area (Å²) in [6.07, 6.45) is 4.28. The summed E-state index contributed by atoms with van der Waals surface area (Å²) in [7, 11) is 1.62. The van der Waals surface area contributed by atoms with Crippen LogP contribution in [0.4, 0.5) is 4.39 Å². The average molecular weight is 385 g/mol. The molecule has 1 aliphatic rings. The predicted octanol–water partition coefficient (Wildman–Crippen LogP) is 5.21. The Morgan fingerprint density at radius 3 is 2.39 bits per heavy atom. The van der Waals surface area contributed by atoms with Gasteiger partial charge in [-0.2, -0.15) is 0 Å². The third kappa shape index (κ3) is 4.83. The quantitative estimate of drug-likeness (QED) is 0.657. The lowest BCUT2D eigenvalue weighted by molar-refractivity contribution is 0.0664. The van der Waals surface area contributed by atoms with Crippen molar-refractivity contribution in [3.8, 4) is 11.5 Å². The molecule has 0 N–H and O–H groups in total. The summed E-state index contributed by atoms with van der Waals surface area (Å²) < 4.78 is 24.5. The van der Waals surface area contributed by atoms with E-state index in [0.29, 0.717) is 23.6 Å². The first-order valence-corrected chi connectivity index (χ1v) is 9.88. The number of benzene rings is 2. The van der Waals surface area contributed by atoms with Crippen molar-refractivity contribution in [2.75, 3.05) is 7.11 Å². The molecular weight excluding hydrogens is 357 g/mol. The maximum Gasteiger partial charge on any atom is 0.254 e. The van der Waals surface area contributed by atoms with Gasteiger partial charge in [-0.05, 0) is 68.7 Å². The van der Waals surface area contributed by atoms with E-state index in [0.717, 1.165) is 31.2 Å². The summed E-state index contributed by atoms with van der Waals surface area (Å²) in [5.74, 6) is 0.953. The average Bonchev–Trinajstić information content (AvgIpc) is 3.20. The first-order valence-electron chi connectivity index (χ1n) is 9.88. The molecule has 3 rings (SSSR count). The topological polar surface area (TPSA) is 38.8 Å². The number of ether oxygens (including phenoxy) is 2. The normalized spacial score (nSPS) is 14.3. The van der Waals surface area contributed by atoms with Gasteiger partial charge in [-0.1, -0.05) is 18.9 Å². The highest BCUT2D eigenvalue weighted by Crippen LogP contribution is 2.31. The van der Waals surface area contributed by atoms with Crippen LogP contribution in [0, 0.1) is 5.82 Å². The van der Waals surface area contributed by atoms with Crippen LogP contribution >= 0.6 is 0 Å². The minimum Gasteiger partial charge on any atom is -0.493 e. The number of hydrogen-bond donors (Lipinski definition) is 0. The Morgan fingerprint density at radius 2 is 1.79 bits per heavy atom. The lowest BCUT2D eigenvalue weighted by Gasteiger charge is -2.29. The number of methoxy groups -OCH3 is 1. The van der Waals surface area contributed by atoms with Crippen LogP contribution in [0.1, 0.15) is 55.5 Å². The molecular formula is C23H28FNO3. The zero-order valence-corrected chi connectivity index (χ0v) is 16.8. The molecule has 0 aromatic heterocycles. The van der Waals surface area contributed by atoms with E-state index < -0.39 is 0 Å². The third-order valence-electron chi connectivity index (χ3n) is 5.06. The van der Waals surface area contributed by atoms with Gasteiger partial charge in [0.1, 0.15) is 5.82 Å². The molecule has 0 heterocycles. The Kier molecular flexibility index (Phi) is 6.55. The monoisotopic (exact) mass is 385 g/mol. The highest BCUT2D eigenvalue weighted by Gasteiger charge is 2.28. The number of carbonyl (C=O) groups is 1. The van der Waals surface area contributed by atoms with Crippen LogP contribution in [0.5, 0.6) is 11.5 Å². The van der Waals surface area contributed by atoms with Crippen molar-refractivity contribution in [3.05, 3.63) is 59.4 Å². The molecule has 0 spiro atoms. The Morgan fingerprint density at radius 1 is 1.11 bits per heavy atom. The zero-order chi connectivity index (χ0) is 20.1. The van der Waals surface area contributed by atoms with E-state index in [1.165, 1.54) is 12.1 Å². The van der Waals surface area contributed by atoms with Crippen molar-refractivity contribution in [3.63, 3.8) is 0 Å². The number of carbonyl (C=O) groups excluding carboxylic acids is 1. The van der Waals surface area contributed by atoms with Crippen LogP contribution in [0.25, 0.3) is 0 Å². The van der Waals surface area contributed by atoms with Gasteiger partial charge in [-0.3, -0.25) is 4.79 Å². The fourth-order valence-electron chi connectivity index (χ4n) is 3.70. The first kappa shape index (κ1) is 20.2. The van der Waals surface area contributed by atoms with Crippen molar-refractivity contribution < 1.29 is 18.7 Å². The molecule has 0 radical (unpaired) electrons. The van der Waals surface area contributed by atoms with Crippen LogP contribution in [0.2, 0.25) is 0 Å². The van der Waals surface area contributed by atoms with E-state index in [4.69, 9.17) is 9.47 Å². The minimum atomic E-state index is -0.338. The van der Waals surface area contributed by atoms with Gasteiger partial charge in [0.05, 0.1) is 13.2 Å². The van der Waals surface area contributed by atoms with Crippen LogP contribution in [-0.2, 0) is 6.54 Å². The Hall–Kier alpha value is -2.56. The van der Waals surface area contributed by atoms with Crippen molar-refractivity contribution in [2.45, 2.75) is 58.2 Å². The smallest absolute Gasteiger partial charge is 0.254 e. The summed E-state index contributed by atoms with van der Waals surface area (Å²) in [4.78, 5) is 15.1. The summed E-state index contributed by atoms with van der Waals surface area (Å²) in [6, 6.07) is 11.8. The largest absolute Gasteiger partial charge is 0.493 e. The van der Waals surface area contributed by atoms with Crippen molar-refractivity contribution in [2.24, 2.45) is 0 Å². The van der Waals surface area contributed by atoms with E-state index in [9.17, 15) is 9.18 Å². The molecule has 0 atom stereocenters. The fraction of sp³-hybridized carbons (Fsp3) is 0.435. The van der Waals surface area contributed by atoms with Gasteiger partial charge in [-0.15, -0.1) is 0 Å². The maximum absolute atomic E-state index is 13.3. The SMILES string of the molecule is COc1ccc(CN(C(=O)c2ccc(F)cc2)C2CCCC2)cc1OC(C)C. The van der Waals surface area contributed by atoms with Gasteiger partial charge in [-0.25, -0.2) is 4.39 Å². The standard InChI is InChI=1S/C23H28FNO3/c1-16(2)28-22-14-17(8-13-21(22)27-3)15-25(20-6-4-5-7-20)23(26)18-9-11-19(24)12-10-18/h8-14,16,20H,4-7,15H2,1-3H3. The molecule has 0 aliphatic heterocycles. The van der Waals surface area contributed by atoms with E-state index >= 15 is 0 Å². The van der Waals surface area contributed by atoms with Crippen LogP contribution < -0.4 is 9.47 Å². The molecule has 2 aromatic rings. The Balaban J connectivity index is 1.87. The molecule has 4 nitrogen and oxygen atoms in total. The summed E-state index contributed by atoms with van der Waals surface area (Å²) in [6.45, 7) is 4.42. The van der Waals surface area contributed by atoms with Crippen molar-refractivity contribution in [1.82, 2.24) is 4.90 Å². The van der Waals surface area contributed by atoms with E-state index in [-0.39, 0.29) is 23.9 Å². The van der Waals surface area contributed by atoms with Crippen LogP contribution in [0.15, 0.2) is 42.5 Å². The predicted molar refractivity (Wildman–Crippen MR) is 107 cm³/mol. The van der Waals surface area contributed by atoms with Gasteiger partial charge in [0.2, 0.25) is 0 Å². The van der Waals surface area contributed by atoms with Crippen molar-refractivity contribution in [1.29, 1.82) is 0 Å². The van der Waals surface area contributed by atoms with Crippen molar-refractivity contribution >= 4 is 5.91 Å². The van der Waals surface area contributed by atoms with Gasteiger partial charge in [0, 0.05) is 18.2 Å².